The smallest absolute Gasteiger partial charge is 0.407 e. The summed E-state index contributed by atoms with van der Waals surface area (Å²) in [5.41, 5.74) is 0.895. The first-order valence-corrected chi connectivity index (χ1v) is 8.43. The van der Waals surface area contributed by atoms with Gasteiger partial charge in [-0.15, -0.1) is 0 Å². The molecule has 1 fully saturated rings. The first-order valence-electron chi connectivity index (χ1n) is 6.61. The molecule has 1 aromatic heterocycles. The van der Waals surface area contributed by atoms with Gasteiger partial charge in [0.15, 0.2) is 0 Å². The van der Waals surface area contributed by atoms with Gasteiger partial charge in [0.05, 0.1) is 18.9 Å². The van der Waals surface area contributed by atoms with E-state index in [9.17, 15) is 18.3 Å². The minimum Gasteiger partial charge on any atom is -0.465 e. The molecule has 1 N–H and O–H groups in total. The average Bonchev–Trinajstić information content (AvgIpc) is 2.45. The highest BCUT2D eigenvalue weighted by atomic mass is 32.2. The van der Waals surface area contributed by atoms with Gasteiger partial charge in [-0.25, -0.2) is 4.79 Å². The summed E-state index contributed by atoms with van der Waals surface area (Å²) < 4.78 is 27.0. The zero-order chi connectivity index (χ0) is 15.5. The highest BCUT2D eigenvalue weighted by molar-refractivity contribution is 7.85. The summed E-state index contributed by atoms with van der Waals surface area (Å²) >= 11 is 0. The van der Waals surface area contributed by atoms with E-state index in [2.05, 4.69) is 4.98 Å². The lowest BCUT2D eigenvalue weighted by molar-refractivity contribution is 0.0785. The predicted octanol–water partition coefficient (Wildman–Crippen LogP) is 1.28. The molecule has 7 nitrogen and oxygen atoms in total. The topological polar surface area (TPSA) is 96.8 Å². The second-order valence-electron chi connectivity index (χ2n) is 5.09. The van der Waals surface area contributed by atoms with Gasteiger partial charge in [-0.2, -0.15) is 8.42 Å². The van der Waals surface area contributed by atoms with Gasteiger partial charge in [-0.3, -0.25) is 9.17 Å². The standard InChI is InChI=1S/C13H18N2O5S/c1-21(18,19)20-9-11-8-10(5-7-15(11)13(16)17)12-4-2-3-6-14-12/h2-4,6,10-11H,5,7-9H2,1H3,(H,16,17). The van der Waals surface area contributed by atoms with Crippen molar-refractivity contribution < 1.29 is 22.5 Å². The molecular weight excluding hydrogens is 296 g/mol. The average molecular weight is 314 g/mol. The lowest BCUT2D eigenvalue weighted by atomic mass is 9.88. The lowest BCUT2D eigenvalue weighted by Gasteiger charge is -2.37. The molecule has 116 valence electrons. The van der Waals surface area contributed by atoms with Crippen LogP contribution in [0.25, 0.3) is 0 Å². The number of likely N-dealkylation sites (tertiary alicyclic amines) is 1. The Morgan fingerprint density at radius 2 is 2.29 bits per heavy atom. The van der Waals surface area contributed by atoms with E-state index in [0.717, 1.165) is 11.9 Å². The first-order chi connectivity index (χ1) is 9.87. The summed E-state index contributed by atoms with van der Waals surface area (Å²) in [5, 5.41) is 9.20. The van der Waals surface area contributed by atoms with Crippen molar-refractivity contribution in [2.45, 2.75) is 24.8 Å². The molecule has 1 aliphatic rings. The van der Waals surface area contributed by atoms with E-state index in [-0.39, 0.29) is 12.5 Å². The molecule has 21 heavy (non-hydrogen) atoms. The Morgan fingerprint density at radius 3 is 2.86 bits per heavy atom. The van der Waals surface area contributed by atoms with Crippen LogP contribution in [0.1, 0.15) is 24.5 Å². The predicted molar refractivity (Wildman–Crippen MR) is 75.5 cm³/mol. The summed E-state index contributed by atoms with van der Waals surface area (Å²) in [6.07, 6.45) is 2.76. The second-order valence-corrected chi connectivity index (χ2v) is 6.74. The van der Waals surface area contributed by atoms with E-state index in [1.807, 2.05) is 18.2 Å². The SMILES string of the molecule is CS(=O)(=O)OCC1CC(c2ccccn2)CCN1C(=O)O. The molecule has 2 rings (SSSR count). The Kier molecular flexibility index (Phi) is 4.79. The van der Waals surface area contributed by atoms with Gasteiger partial charge in [0.25, 0.3) is 10.1 Å². The van der Waals surface area contributed by atoms with E-state index >= 15 is 0 Å². The van der Waals surface area contributed by atoms with Crippen molar-refractivity contribution in [3.8, 4) is 0 Å². The number of carbonyl (C=O) groups is 1. The molecule has 0 spiro atoms. The maximum Gasteiger partial charge on any atom is 0.407 e. The lowest BCUT2D eigenvalue weighted by Crippen LogP contribution is -2.47. The van der Waals surface area contributed by atoms with Gasteiger partial charge in [0.1, 0.15) is 0 Å². The van der Waals surface area contributed by atoms with Crippen LogP contribution in [0.5, 0.6) is 0 Å². The Bertz CT molecular complexity index is 590. The normalized spacial score (nSPS) is 23.0. The molecule has 0 aliphatic carbocycles. The Hall–Kier alpha value is -1.67. The van der Waals surface area contributed by atoms with Crippen molar-refractivity contribution in [3.63, 3.8) is 0 Å². The molecular formula is C13H18N2O5S. The van der Waals surface area contributed by atoms with E-state index in [0.29, 0.717) is 19.4 Å². The maximum absolute atomic E-state index is 11.2. The number of hydrogen-bond donors (Lipinski definition) is 1. The Balaban J connectivity index is 2.10. The Morgan fingerprint density at radius 1 is 1.52 bits per heavy atom. The van der Waals surface area contributed by atoms with Crippen LogP contribution in [-0.4, -0.2) is 55.0 Å². The molecule has 1 saturated heterocycles. The third-order valence-electron chi connectivity index (χ3n) is 3.54. The third kappa shape index (κ3) is 4.40. The van der Waals surface area contributed by atoms with Crippen LogP contribution in [0.15, 0.2) is 24.4 Å². The van der Waals surface area contributed by atoms with E-state index in [1.54, 1.807) is 6.20 Å². The van der Waals surface area contributed by atoms with Gasteiger partial charge in [0, 0.05) is 24.4 Å². The minimum absolute atomic E-state index is 0.106. The van der Waals surface area contributed by atoms with E-state index in [1.165, 1.54) is 4.90 Å². The number of pyridine rings is 1. The summed E-state index contributed by atoms with van der Waals surface area (Å²) in [7, 11) is -3.59. The number of nitrogens with zero attached hydrogens (tertiary/aromatic N) is 2. The first kappa shape index (κ1) is 15.7. The molecule has 1 amide bonds. The van der Waals surface area contributed by atoms with Crippen LogP contribution in [0.3, 0.4) is 0 Å². The quantitative estimate of drug-likeness (QED) is 0.841. The zero-order valence-corrected chi connectivity index (χ0v) is 12.5. The number of amides is 1. The van der Waals surface area contributed by atoms with Gasteiger partial charge in [0.2, 0.25) is 0 Å². The van der Waals surface area contributed by atoms with Crippen molar-refractivity contribution >= 4 is 16.2 Å². The van der Waals surface area contributed by atoms with Crippen molar-refractivity contribution in [2.75, 3.05) is 19.4 Å². The van der Waals surface area contributed by atoms with Gasteiger partial charge < -0.3 is 10.0 Å². The molecule has 2 atom stereocenters. The Labute approximate surface area is 123 Å². The summed E-state index contributed by atoms with van der Waals surface area (Å²) in [6.45, 7) is 0.183. The molecule has 0 saturated carbocycles. The zero-order valence-electron chi connectivity index (χ0n) is 11.7. The number of piperidine rings is 1. The van der Waals surface area contributed by atoms with Gasteiger partial charge >= 0.3 is 6.09 Å². The van der Waals surface area contributed by atoms with Gasteiger partial charge in [-0.1, -0.05) is 6.07 Å². The fourth-order valence-electron chi connectivity index (χ4n) is 2.55. The van der Waals surface area contributed by atoms with Crippen LogP contribution in [-0.2, 0) is 14.3 Å². The van der Waals surface area contributed by atoms with Gasteiger partial charge in [-0.05, 0) is 25.0 Å². The van der Waals surface area contributed by atoms with Crippen LogP contribution < -0.4 is 0 Å². The third-order valence-corrected chi connectivity index (χ3v) is 4.11. The molecule has 2 heterocycles. The van der Waals surface area contributed by atoms with Crippen LogP contribution >= 0.6 is 0 Å². The number of aromatic nitrogens is 1. The highest BCUT2D eigenvalue weighted by Gasteiger charge is 2.33. The number of carboxylic acid groups (broad SMARTS) is 1. The van der Waals surface area contributed by atoms with E-state index in [4.69, 9.17) is 4.18 Å². The minimum atomic E-state index is -3.59. The van der Waals surface area contributed by atoms with Crippen molar-refractivity contribution in [2.24, 2.45) is 0 Å². The number of hydrogen-bond acceptors (Lipinski definition) is 5. The van der Waals surface area contributed by atoms with Crippen LogP contribution in [0.2, 0.25) is 0 Å². The molecule has 8 heteroatoms. The molecule has 0 radical (unpaired) electrons. The number of rotatable bonds is 4. The molecule has 2 unspecified atom stereocenters. The summed E-state index contributed by atoms with van der Waals surface area (Å²) in [4.78, 5) is 16.8. The highest BCUT2D eigenvalue weighted by Crippen LogP contribution is 2.30. The largest absolute Gasteiger partial charge is 0.465 e. The van der Waals surface area contributed by atoms with E-state index < -0.39 is 22.3 Å². The van der Waals surface area contributed by atoms with Crippen LogP contribution in [0, 0.1) is 0 Å². The molecule has 0 aromatic carbocycles. The van der Waals surface area contributed by atoms with Crippen LogP contribution in [0.4, 0.5) is 4.79 Å². The molecule has 1 aliphatic heterocycles. The summed E-state index contributed by atoms with van der Waals surface area (Å²) in [6, 6.07) is 5.11. The van der Waals surface area contributed by atoms with Crippen molar-refractivity contribution in [3.05, 3.63) is 30.1 Å². The maximum atomic E-state index is 11.2. The molecule has 0 bridgehead atoms. The fourth-order valence-corrected chi connectivity index (χ4v) is 2.95. The molecule has 1 aromatic rings. The fraction of sp³-hybridized carbons (Fsp3) is 0.538. The van der Waals surface area contributed by atoms with Crippen molar-refractivity contribution in [1.82, 2.24) is 9.88 Å². The second kappa shape index (κ2) is 6.40. The monoisotopic (exact) mass is 314 g/mol. The van der Waals surface area contributed by atoms with Crippen molar-refractivity contribution in [1.29, 1.82) is 0 Å². The summed E-state index contributed by atoms with van der Waals surface area (Å²) in [5.74, 6) is 0.106.